The fourth-order valence-electron chi connectivity index (χ4n) is 5.66. The third-order valence-corrected chi connectivity index (χ3v) is 7.07. The molecule has 0 unspecified atom stereocenters. The molecule has 5 rings (SSSR count). The minimum atomic E-state index is -0.333. The second-order valence-corrected chi connectivity index (χ2v) is 8.21. The van der Waals surface area contributed by atoms with Crippen LogP contribution < -0.4 is 10.2 Å². The summed E-state index contributed by atoms with van der Waals surface area (Å²) in [4.78, 5) is 12.7. The highest BCUT2D eigenvalue weighted by Crippen LogP contribution is 2.56. The molecule has 3 aliphatic carbocycles. The molecule has 0 amide bonds. The van der Waals surface area contributed by atoms with E-state index in [1.807, 2.05) is 6.07 Å². The SMILES string of the molecule is O=[N+]([O-])c1ccc2c(c1)CCN2C(=S)N[C@@H]1C[C@H]2C[C@H]1[C@H]1C=CC[C@@H]21. The molecule has 0 saturated heterocycles. The molecule has 2 fully saturated rings. The van der Waals surface area contributed by atoms with Crippen molar-refractivity contribution in [3.63, 3.8) is 0 Å². The molecule has 0 aromatic heterocycles. The number of fused-ring (bicyclic) bond motifs is 6. The van der Waals surface area contributed by atoms with Crippen LogP contribution in [0.2, 0.25) is 0 Å². The van der Waals surface area contributed by atoms with Crippen LogP contribution in [0.15, 0.2) is 30.4 Å². The van der Waals surface area contributed by atoms with Crippen molar-refractivity contribution in [1.82, 2.24) is 5.32 Å². The highest BCUT2D eigenvalue weighted by molar-refractivity contribution is 7.80. The largest absolute Gasteiger partial charge is 0.359 e. The van der Waals surface area contributed by atoms with Gasteiger partial charge in [0.05, 0.1) is 4.92 Å². The number of allylic oxidation sites excluding steroid dienone is 2. The van der Waals surface area contributed by atoms with Crippen molar-refractivity contribution >= 4 is 28.7 Å². The van der Waals surface area contributed by atoms with E-state index in [4.69, 9.17) is 12.2 Å². The van der Waals surface area contributed by atoms with Crippen LogP contribution in [0.25, 0.3) is 0 Å². The molecule has 6 heteroatoms. The Morgan fingerprint density at radius 3 is 3.04 bits per heavy atom. The third-order valence-electron chi connectivity index (χ3n) is 6.73. The molecule has 1 aliphatic heterocycles. The molecule has 4 aliphatic rings. The van der Waals surface area contributed by atoms with Crippen molar-refractivity contribution in [3.05, 3.63) is 46.0 Å². The van der Waals surface area contributed by atoms with Gasteiger partial charge in [-0.05, 0) is 73.2 Å². The Morgan fingerprint density at radius 1 is 1.32 bits per heavy atom. The van der Waals surface area contributed by atoms with Crippen LogP contribution >= 0.6 is 12.2 Å². The number of non-ortho nitro benzene ring substituents is 1. The first kappa shape index (κ1) is 15.3. The minimum Gasteiger partial charge on any atom is -0.359 e. The second-order valence-electron chi connectivity index (χ2n) is 7.83. The van der Waals surface area contributed by atoms with E-state index in [1.165, 1.54) is 19.3 Å². The average molecular weight is 355 g/mol. The maximum Gasteiger partial charge on any atom is 0.269 e. The number of nitro benzene ring substituents is 1. The highest BCUT2D eigenvalue weighted by Gasteiger charge is 2.52. The molecule has 2 saturated carbocycles. The zero-order valence-electron chi connectivity index (χ0n) is 13.9. The van der Waals surface area contributed by atoms with Crippen molar-refractivity contribution in [1.29, 1.82) is 0 Å². The van der Waals surface area contributed by atoms with Crippen LogP contribution in [0.1, 0.15) is 24.8 Å². The smallest absolute Gasteiger partial charge is 0.269 e. The summed E-state index contributed by atoms with van der Waals surface area (Å²) in [6.45, 7) is 0.801. The van der Waals surface area contributed by atoms with E-state index in [2.05, 4.69) is 22.4 Å². The average Bonchev–Trinajstić information content (AvgIpc) is 3.34. The van der Waals surface area contributed by atoms with Gasteiger partial charge in [-0.15, -0.1) is 0 Å². The van der Waals surface area contributed by atoms with Crippen molar-refractivity contribution in [3.8, 4) is 0 Å². The Hall–Kier alpha value is -1.95. The number of hydrogen-bond donors (Lipinski definition) is 1. The van der Waals surface area contributed by atoms with Crippen LogP contribution in [-0.4, -0.2) is 22.6 Å². The summed E-state index contributed by atoms with van der Waals surface area (Å²) in [5.74, 6) is 3.18. The Bertz CT molecular complexity index is 793. The van der Waals surface area contributed by atoms with E-state index in [0.29, 0.717) is 12.0 Å². The van der Waals surface area contributed by atoms with Gasteiger partial charge in [0.15, 0.2) is 5.11 Å². The summed E-state index contributed by atoms with van der Waals surface area (Å²) in [5, 5.41) is 15.4. The van der Waals surface area contributed by atoms with Gasteiger partial charge in [-0.3, -0.25) is 10.1 Å². The molecule has 1 heterocycles. The molecular formula is C19H21N3O2S. The predicted octanol–water partition coefficient (Wildman–Crippen LogP) is 3.43. The van der Waals surface area contributed by atoms with Gasteiger partial charge in [0.1, 0.15) is 0 Å². The number of nitrogens with one attached hydrogen (secondary N) is 1. The molecule has 25 heavy (non-hydrogen) atoms. The number of thiocarbonyl (C=S) groups is 1. The van der Waals surface area contributed by atoms with Crippen LogP contribution in [0, 0.1) is 33.8 Å². The summed E-state index contributed by atoms with van der Waals surface area (Å²) in [6.07, 6.45) is 9.43. The summed E-state index contributed by atoms with van der Waals surface area (Å²) < 4.78 is 0. The van der Waals surface area contributed by atoms with Gasteiger partial charge in [0.25, 0.3) is 5.69 Å². The Balaban J connectivity index is 1.31. The van der Waals surface area contributed by atoms with Gasteiger partial charge in [-0.2, -0.15) is 0 Å². The quantitative estimate of drug-likeness (QED) is 0.381. The zero-order chi connectivity index (χ0) is 17.1. The topological polar surface area (TPSA) is 58.4 Å². The van der Waals surface area contributed by atoms with E-state index in [-0.39, 0.29) is 10.6 Å². The zero-order valence-corrected chi connectivity index (χ0v) is 14.7. The maximum absolute atomic E-state index is 11.0. The van der Waals surface area contributed by atoms with Crippen LogP contribution in [-0.2, 0) is 6.42 Å². The van der Waals surface area contributed by atoms with Crippen LogP contribution in [0.5, 0.6) is 0 Å². The standard InChI is InChI=1S/C19H21N3O2S/c23-22(24)13-4-5-18-11(8-13)6-7-21(18)19(25)20-17-10-12-9-16(17)15-3-1-2-14(12)15/h1,3-5,8,12,14-17H,2,6-7,9-10H2,(H,20,25)/t12-,14+,15+,16+,17-/m1/s1. The Kier molecular flexibility index (Phi) is 3.39. The number of benzene rings is 1. The third kappa shape index (κ3) is 2.30. The van der Waals surface area contributed by atoms with Crippen molar-refractivity contribution in [2.45, 2.75) is 31.7 Å². The first-order chi connectivity index (χ1) is 12.1. The number of nitrogens with zero attached hydrogens (tertiary/aromatic N) is 2. The first-order valence-corrected chi connectivity index (χ1v) is 9.54. The van der Waals surface area contributed by atoms with Gasteiger partial charge in [-0.25, -0.2) is 0 Å². The van der Waals surface area contributed by atoms with Gasteiger partial charge < -0.3 is 10.2 Å². The lowest BCUT2D eigenvalue weighted by Crippen LogP contribution is -2.48. The lowest BCUT2D eigenvalue weighted by Gasteiger charge is -2.34. The lowest BCUT2D eigenvalue weighted by atomic mass is 9.79. The lowest BCUT2D eigenvalue weighted by molar-refractivity contribution is -0.384. The van der Waals surface area contributed by atoms with Gasteiger partial charge in [-0.1, -0.05) is 12.2 Å². The number of nitro groups is 1. The van der Waals surface area contributed by atoms with Crippen LogP contribution in [0.4, 0.5) is 11.4 Å². The number of hydrogen-bond acceptors (Lipinski definition) is 3. The monoisotopic (exact) mass is 355 g/mol. The summed E-state index contributed by atoms with van der Waals surface area (Å²) in [6, 6.07) is 5.57. The van der Waals surface area contributed by atoms with E-state index in [9.17, 15) is 10.1 Å². The molecule has 0 spiro atoms. The van der Waals surface area contributed by atoms with E-state index >= 15 is 0 Å². The van der Waals surface area contributed by atoms with E-state index in [1.54, 1.807) is 12.1 Å². The van der Waals surface area contributed by atoms with E-state index in [0.717, 1.165) is 47.1 Å². The van der Waals surface area contributed by atoms with Gasteiger partial charge in [0, 0.05) is 30.4 Å². The molecule has 5 atom stereocenters. The van der Waals surface area contributed by atoms with Crippen molar-refractivity contribution in [2.75, 3.05) is 11.4 Å². The Morgan fingerprint density at radius 2 is 2.20 bits per heavy atom. The van der Waals surface area contributed by atoms with E-state index < -0.39 is 0 Å². The van der Waals surface area contributed by atoms with Crippen molar-refractivity contribution < 1.29 is 4.92 Å². The summed E-state index contributed by atoms with van der Waals surface area (Å²) >= 11 is 5.71. The van der Waals surface area contributed by atoms with Gasteiger partial charge >= 0.3 is 0 Å². The highest BCUT2D eigenvalue weighted by atomic mass is 32.1. The minimum absolute atomic E-state index is 0.159. The second kappa shape index (κ2) is 5.53. The van der Waals surface area contributed by atoms with Gasteiger partial charge in [0.2, 0.25) is 0 Å². The molecule has 5 nitrogen and oxygen atoms in total. The summed E-state index contributed by atoms with van der Waals surface area (Å²) in [7, 11) is 0. The molecule has 2 bridgehead atoms. The van der Waals surface area contributed by atoms with Crippen LogP contribution in [0.3, 0.4) is 0 Å². The Labute approximate surface area is 152 Å². The fourth-order valence-corrected chi connectivity index (χ4v) is 6.00. The molecule has 1 N–H and O–H groups in total. The number of anilines is 1. The first-order valence-electron chi connectivity index (χ1n) is 9.14. The fraction of sp³-hybridized carbons (Fsp3) is 0.526. The predicted molar refractivity (Wildman–Crippen MR) is 101 cm³/mol. The molecular weight excluding hydrogens is 334 g/mol. The molecule has 0 radical (unpaired) electrons. The number of rotatable bonds is 2. The molecule has 1 aromatic carbocycles. The normalized spacial score (nSPS) is 34.2. The van der Waals surface area contributed by atoms with Crippen molar-refractivity contribution in [2.24, 2.45) is 23.7 Å². The summed E-state index contributed by atoms with van der Waals surface area (Å²) in [5.41, 5.74) is 2.20. The molecule has 1 aromatic rings. The maximum atomic E-state index is 11.0. The molecule has 130 valence electrons.